The third-order valence-electron chi connectivity index (χ3n) is 4.50. The van der Waals surface area contributed by atoms with Gasteiger partial charge in [-0.3, -0.25) is 4.79 Å². The van der Waals surface area contributed by atoms with Crippen molar-refractivity contribution in [2.24, 2.45) is 0 Å². The number of Topliss-reactive ketones (excluding diaryl/α,β-unsaturated/α-hetero) is 1. The number of carbonyl (C=O) groups excluding carboxylic acids is 2. The smallest absolute Gasteiger partial charge is 0.340 e. The van der Waals surface area contributed by atoms with Crippen LogP contribution in [0.4, 0.5) is 0 Å². The lowest BCUT2D eigenvalue weighted by Crippen LogP contribution is -2.17. The number of fused-ring (bicyclic) bond motifs is 1. The van der Waals surface area contributed by atoms with Gasteiger partial charge in [0.25, 0.3) is 0 Å². The molecule has 29 heavy (non-hydrogen) atoms. The fourth-order valence-corrected chi connectivity index (χ4v) is 3.45. The first kappa shape index (κ1) is 20.7. The Morgan fingerprint density at radius 3 is 2.48 bits per heavy atom. The fraction of sp³-hybridized carbons (Fsp3) is 0.286. The highest BCUT2D eigenvalue weighted by atomic mass is 35.5. The molecule has 0 aliphatic rings. The maximum absolute atomic E-state index is 12.8. The van der Waals surface area contributed by atoms with Gasteiger partial charge in [0.2, 0.25) is 5.78 Å². The van der Waals surface area contributed by atoms with E-state index in [1.165, 1.54) is 12.1 Å². The molecule has 3 aromatic rings. The molecule has 2 aromatic heterocycles. The highest BCUT2D eigenvalue weighted by Gasteiger charge is 2.25. The van der Waals surface area contributed by atoms with E-state index in [2.05, 4.69) is 4.98 Å². The number of carbonyl (C=O) groups is 2. The number of nitrogens with one attached hydrogen (secondary N) is 1. The number of ketones is 1. The van der Waals surface area contributed by atoms with Crippen LogP contribution in [0.5, 0.6) is 5.75 Å². The Kier molecular flexibility index (Phi) is 5.79. The molecule has 0 amide bonds. The minimum atomic E-state index is -0.571. The Hall–Kier alpha value is -3.06. The van der Waals surface area contributed by atoms with Crippen LogP contribution >= 0.6 is 11.6 Å². The summed E-state index contributed by atoms with van der Waals surface area (Å²) in [4.78, 5) is 39.6. The van der Waals surface area contributed by atoms with Gasteiger partial charge >= 0.3 is 11.6 Å². The van der Waals surface area contributed by atoms with Crippen molar-refractivity contribution in [1.29, 1.82) is 0 Å². The number of aryl methyl sites for hydroxylation is 3. The Balaban J connectivity index is 1.89. The highest BCUT2D eigenvalue weighted by molar-refractivity contribution is 6.32. The molecule has 7 nitrogen and oxygen atoms in total. The zero-order valence-electron chi connectivity index (χ0n) is 16.5. The molecule has 0 aliphatic heterocycles. The first-order chi connectivity index (χ1) is 13.7. The number of benzene rings is 1. The molecule has 2 heterocycles. The zero-order valence-corrected chi connectivity index (χ0v) is 17.2. The van der Waals surface area contributed by atoms with Crippen LogP contribution in [-0.4, -0.2) is 30.0 Å². The fourth-order valence-electron chi connectivity index (χ4n) is 3.23. The number of H-pyrrole nitrogens is 1. The summed E-state index contributed by atoms with van der Waals surface area (Å²) >= 11 is 6.27. The second kappa shape index (κ2) is 8.13. The van der Waals surface area contributed by atoms with Gasteiger partial charge in [-0.1, -0.05) is 11.6 Å². The zero-order chi connectivity index (χ0) is 21.3. The van der Waals surface area contributed by atoms with E-state index in [-0.39, 0.29) is 35.1 Å². The van der Waals surface area contributed by atoms with Gasteiger partial charge in [-0.05, 0) is 39.3 Å². The molecule has 0 aliphatic carbocycles. The maximum Gasteiger partial charge on any atom is 0.340 e. The summed E-state index contributed by atoms with van der Waals surface area (Å²) < 4.78 is 15.8. The summed E-state index contributed by atoms with van der Waals surface area (Å²) in [6.45, 7) is 6.70. The van der Waals surface area contributed by atoms with Gasteiger partial charge in [0.15, 0.2) is 6.61 Å². The van der Waals surface area contributed by atoms with Crippen LogP contribution in [0.2, 0.25) is 5.02 Å². The van der Waals surface area contributed by atoms with Crippen LogP contribution < -0.4 is 10.4 Å². The lowest BCUT2D eigenvalue weighted by Gasteiger charge is -2.10. The summed E-state index contributed by atoms with van der Waals surface area (Å²) in [6.07, 6.45) is 0. The van der Waals surface area contributed by atoms with Crippen molar-refractivity contribution in [2.45, 2.75) is 27.7 Å². The predicted octanol–water partition coefficient (Wildman–Crippen LogP) is 4.14. The van der Waals surface area contributed by atoms with Crippen molar-refractivity contribution < 1.29 is 23.5 Å². The van der Waals surface area contributed by atoms with Gasteiger partial charge in [0, 0.05) is 28.9 Å². The van der Waals surface area contributed by atoms with E-state index in [1.54, 1.807) is 33.8 Å². The number of hydrogen-bond acceptors (Lipinski definition) is 6. The normalized spacial score (nSPS) is 10.9. The minimum Gasteiger partial charge on any atom is -0.484 e. The summed E-state index contributed by atoms with van der Waals surface area (Å²) in [5.74, 6) is -0.778. The largest absolute Gasteiger partial charge is 0.484 e. The molecule has 0 radical (unpaired) electrons. The van der Waals surface area contributed by atoms with Gasteiger partial charge in [0.05, 0.1) is 22.8 Å². The molecular weight excluding hydrogens is 398 g/mol. The molecule has 152 valence electrons. The van der Waals surface area contributed by atoms with Crippen LogP contribution in [0.25, 0.3) is 11.0 Å². The average molecular weight is 418 g/mol. The first-order valence-electron chi connectivity index (χ1n) is 8.99. The number of aromatic nitrogens is 1. The lowest BCUT2D eigenvalue weighted by molar-refractivity contribution is 0.0522. The molecule has 3 rings (SSSR count). The molecule has 0 fully saturated rings. The van der Waals surface area contributed by atoms with Crippen molar-refractivity contribution in [1.82, 2.24) is 4.98 Å². The van der Waals surface area contributed by atoms with E-state index in [0.717, 1.165) is 5.56 Å². The summed E-state index contributed by atoms with van der Waals surface area (Å²) in [5.41, 5.74) is 2.05. The van der Waals surface area contributed by atoms with E-state index in [4.69, 9.17) is 25.5 Å². The van der Waals surface area contributed by atoms with Gasteiger partial charge < -0.3 is 18.9 Å². The monoisotopic (exact) mass is 417 g/mol. The lowest BCUT2D eigenvalue weighted by atomic mass is 10.1. The Labute approximate surface area is 171 Å². The third-order valence-corrected chi connectivity index (χ3v) is 4.79. The maximum atomic E-state index is 12.8. The molecule has 0 saturated carbocycles. The molecule has 0 spiro atoms. The van der Waals surface area contributed by atoms with Crippen LogP contribution in [0.3, 0.4) is 0 Å². The Morgan fingerprint density at radius 1 is 1.10 bits per heavy atom. The van der Waals surface area contributed by atoms with Crippen molar-refractivity contribution in [3.8, 4) is 5.75 Å². The van der Waals surface area contributed by atoms with Crippen molar-refractivity contribution in [3.63, 3.8) is 0 Å². The van der Waals surface area contributed by atoms with Crippen molar-refractivity contribution in [2.75, 3.05) is 13.2 Å². The summed E-state index contributed by atoms with van der Waals surface area (Å²) in [6, 6.07) is 4.46. The van der Waals surface area contributed by atoms with Gasteiger partial charge in [-0.15, -0.1) is 0 Å². The van der Waals surface area contributed by atoms with Crippen molar-refractivity contribution in [3.05, 3.63) is 61.7 Å². The highest BCUT2D eigenvalue weighted by Crippen LogP contribution is 2.31. The van der Waals surface area contributed by atoms with E-state index in [0.29, 0.717) is 22.4 Å². The van der Waals surface area contributed by atoms with Gasteiger partial charge in [-0.25, -0.2) is 9.59 Å². The van der Waals surface area contributed by atoms with E-state index in [1.807, 2.05) is 0 Å². The summed E-state index contributed by atoms with van der Waals surface area (Å²) in [5, 5.41) is 0.949. The topological polar surface area (TPSA) is 98.6 Å². The molecule has 8 heteroatoms. The average Bonchev–Trinajstić information content (AvgIpc) is 2.94. The number of rotatable bonds is 6. The predicted molar refractivity (Wildman–Crippen MR) is 108 cm³/mol. The third kappa shape index (κ3) is 4.05. The van der Waals surface area contributed by atoms with Crippen LogP contribution in [-0.2, 0) is 4.74 Å². The number of aromatic amines is 1. The molecule has 0 bridgehead atoms. The Morgan fingerprint density at radius 2 is 1.79 bits per heavy atom. The van der Waals surface area contributed by atoms with Crippen LogP contribution in [0, 0.1) is 20.8 Å². The standard InChI is InChI=1S/C21H20ClNO6/c1-5-27-21(26)20-12(4)23-11(3)19(20)15(24)9-28-17-8-16-13(7-14(17)22)10(2)6-18(25)29-16/h6-8,23H,5,9H2,1-4H3. The molecule has 0 unspecified atom stereocenters. The molecule has 1 aromatic carbocycles. The number of ether oxygens (including phenoxy) is 2. The van der Waals surface area contributed by atoms with E-state index < -0.39 is 17.4 Å². The molecule has 1 N–H and O–H groups in total. The number of hydrogen-bond donors (Lipinski definition) is 1. The number of esters is 1. The van der Waals surface area contributed by atoms with Gasteiger partial charge in [0.1, 0.15) is 11.3 Å². The van der Waals surface area contributed by atoms with Gasteiger partial charge in [-0.2, -0.15) is 0 Å². The molecular formula is C21H20ClNO6. The van der Waals surface area contributed by atoms with E-state index >= 15 is 0 Å². The molecule has 0 atom stereocenters. The van der Waals surface area contributed by atoms with Crippen molar-refractivity contribution >= 4 is 34.3 Å². The first-order valence-corrected chi connectivity index (χ1v) is 9.37. The SMILES string of the molecule is CCOC(=O)c1c(C)[nH]c(C)c1C(=O)COc1cc2oc(=O)cc(C)c2cc1Cl. The van der Waals surface area contributed by atoms with Crippen LogP contribution in [0.15, 0.2) is 27.4 Å². The Bertz CT molecular complexity index is 1170. The number of halogens is 1. The second-order valence-electron chi connectivity index (χ2n) is 6.58. The summed E-state index contributed by atoms with van der Waals surface area (Å²) in [7, 11) is 0. The second-order valence-corrected chi connectivity index (χ2v) is 6.99. The molecule has 0 saturated heterocycles. The minimum absolute atomic E-state index is 0.198. The van der Waals surface area contributed by atoms with Crippen LogP contribution in [0.1, 0.15) is 44.6 Å². The van der Waals surface area contributed by atoms with E-state index in [9.17, 15) is 14.4 Å². The quantitative estimate of drug-likeness (QED) is 0.367.